The Hall–Kier alpha value is -1.30. The maximum absolute atomic E-state index is 13.3. The van der Waals surface area contributed by atoms with Crippen LogP contribution in [-0.4, -0.2) is 25.4 Å². The average Bonchev–Trinajstić information content (AvgIpc) is 2.75. The summed E-state index contributed by atoms with van der Waals surface area (Å²) >= 11 is 1.57. The fraction of sp³-hybridized carbons (Fsp3) is 0.455. The van der Waals surface area contributed by atoms with Crippen LogP contribution in [0.4, 0.5) is 0 Å². The van der Waals surface area contributed by atoms with Gasteiger partial charge in [0.2, 0.25) is 0 Å². The van der Waals surface area contributed by atoms with Crippen LogP contribution < -0.4 is 0 Å². The summed E-state index contributed by atoms with van der Waals surface area (Å²) in [7, 11) is -3.46. The second-order valence-corrected chi connectivity index (χ2v) is 10.6. The van der Waals surface area contributed by atoms with E-state index >= 15 is 0 Å². The van der Waals surface area contributed by atoms with E-state index in [-0.39, 0.29) is 11.0 Å². The first-order chi connectivity index (χ1) is 12.9. The Morgan fingerprint density at radius 1 is 1.07 bits per heavy atom. The molecule has 0 saturated carbocycles. The van der Waals surface area contributed by atoms with Gasteiger partial charge in [0.05, 0.1) is 22.0 Å². The third-order valence-electron chi connectivity index (χ3n) is 5.69. The molecule has 146 valence electrons. The fourth-order valence-corrected chi connectivity index (χ4v) is 7.75. The van der Waals surface area contributed by atoms with Gasteiger partial charge in [0.25, 0.3) is 0 Å². The molecule has 1 heterocycles. The van der Waals surface area contributed by atoms with Crippen LogP contribution >= 0.6 is 11.8 Å². The molecule has 1 N–H and O–H groups in total. The highest BCUT2D eigenvalue weighted by atomic mass is 32.2. The molecule has 1 aliphatic heterocycles. The van der Waals surface area contributed by atoms with E-state index in [0.29, 0.717) is 11.3 Å². The van der Waals surface area contributed by atoms with Gasteiger partial charge in [-0.15, -0.1) is 11.8 Å². The average molecular weight is 405 g/mol. The van der Waals surface area contributed by atoms with E-state index in [1.54, 1.807) is 23.9 Å². The molecule has 0 fully saturated rings. The van der Waals surface area contributed by atoms with Gasteiger partial charge in [-0.05, 0) is 36.6 Å². The van der Waals surface area contributed by atoms with Gasteiger partial charge in [0.1, 0.15) is 0 Å². The lowest BCUT2D eigenvalue weighted by Crippen LogP contribution is -2.41. The highest BCUT2D eigenvalue weighted by Gasteiger charge is 2.48. The minimum Gasteiger partial charge on any atom is -0.391 e. The van der Waals surface area contributed by atoms with Crippen molar-refractivity contribution in [3.8, 4) is 0 Å². The molecule has 2 aromatic rings. The smallest absolute Gasteiger partial charge is 0.179 e. The Kier molecular flexibility index (Phi) is 6.34. The minimum absolute atomic E-state index is 0.0144. The molecule has 0 bridgehead atoms. The number of aliphatic hydroxyl groups is 1. The van der Waals surface area contributed by atoms with Gasteiger partial charge < -0.3 is 5.11 Å². The largest absolute Gasteiger partial charge is 0.391 e. The van der Waals surface area contributed by atoms with E-state index < -0.39 is 21.4 Å². The van der Waals surface area contributed by atoms with E-state index in [1.807, 2.05) is 49.4 Å². The van der Waals surface area contributed by atoms with Crippen LogP contribution in [0.15, 0.2) is 64.4 Å². The monoisotopic (exact) mass is 404 g/mol. The molecule has 1 aliphatic rings. The molecule has 0 saturated heterocycles. The van der Waals surface area contributed by atoms with Crippen LogP contribution in [-0.2, 0) is 9.84 Å². The molecule has 0 radical (unpaired) electrons. The van der Waals surface area contributed by atoms with Crippen molar-refractivity contribution in [1.29, 1.82) is 0 Å². The summed E-state index contributed by atoms with van der Waals surface area (Å²) in [5.74, 6) is 0.0144. The van der Waals surface area contributed by atoms with Crippen molar-refractivity contribution in [2.24, 2.45) is 5.41 Å². The van der Waals surface area contributed by atoms with Crippen LogP contribution in [0.1, 0.15) is 50.3 Å². The highest BCUT2D eigenvalue weighted by Crippen LogP contribution is 2.51. The second kappa shape index (κ2) is 8.38. The molecule has 0 spiro atoms. The normalized spacial score (nSPS) is 26.9. The molecule has 27 heavy (non-hydrogen) atoms. The van der Waals surface area contributed by atoms with Crippen molar-refractivity contribution in [3.05, 3.63) is 60.2 Å². The maximum atomic E-state index is 13.3. The Balaban J connectivity index is 2.14. The third-order valence-corrected chi connectivity index (χ3v) is 9.00. The zero-order valence-corrected chi connectivity index (χ0v) is 17.6. The number of fused-ring (bicyclic) bond motifs is 1. The standard InChI is InChI=1S/C22H28O3S2/c1-3-5-15-22(4-2)16-27(24,25)19-14-10-9-13-18(19)20(21(22)23)26-17-11-7-6-8-12-17/h6-14,20-21,23H,3-5,15-16H2,1-2H3/t20?,21?,22-/m1/s1. The third kappa shape index (κ3) is 4.10. The van der Waals surface area contributed by atoms with E-state index in [0.717, 1.165) is 29.7 Å². The molecule has 2 aromatic carbocycles. The summed E-state index contributed by atoms with van der Waals surface area (Å²) < 4.78 is 26.5. The summed E-state index contributed by atoms with van der Waals surface area (Å²) in [4.78, 5) is 1.42. The van der Waals surface area contributed by atoms with Gasteiger partial charge in [-0.25, -0.2) is 8.42 Å². The molecule has 0 amide bonds. The summed E-state index contributed by atoms with van der Waals surface area (Å²) in [6, 6.07) is 17.1. The lowest BCUT2D eigenvalue weighted by atomic mass is 9.75. The summed E-state index contributed by atoms with van der Waals surface area (Å²) in [6.07, 6.45) is 2.54. The quantitative estimate of drug-likeness (QED) is 0.714. The zero-order chi connectivity index (χ0) is 19.5. The van der Waals surface area contributed by atoms with Gasteiger partial charge in [-0.3, -0.25) is 0 Å². The molecule has 0 aliphatic carbocycles. The van der Waals surface area contributed by atoms with E-state index in [4.69, 9.17) is 0 Å². The molecule has 3 nitrogen and oxygen atoms in total. The van der Waals surface area contributed by atoms with Crippen molar-refractivity contribution >= 4 is 21.6 Å². The lowest BCUT2D eigenvalue weighted by molar-refractivity contribution is 0.0277. The number of sulfone groups is 1. The Morgan fingerprint density at radius 2 is 1.74 bits per heavy atom. The predicted octanol–water partition coefficient (Wildman–Crippen LogP) is 5.25. The van der Waals surface area contributed by atoms with Crippen LogP contribution in [0.25, 0.3) is 0 Å². The predicted molar refractivity (Wildman–Crippen MR) is 112 cm³/mol. The number of benzene rings is 2. The van der Waals surface area contributed by atoms with Gasteiger partial charge >= 0.3 is 0 Å². The first kappa shape index (κ1) is 20.4. The zero-order valence-electron chi connectivity index (χ0n) is 16.0. The SMILES string of the molecule is CCCC[C@]1(CC)CS(=O)(=O)c2ccccc2C(Sc2ccccc2)C1O. The molecule has 3 atom stereocenters. The fourth-order valence-electron chi connectivity index (χ4n) is 4.04. The van der Waals surface area contributed by atoms with E-state index in [9.17, 15) is 13.5 Å². The molecule has 2 unspecified atom stereocenters. The van der Waals surface area contributed by atoms with Crippen molar-refractivity contribution in [3.63, 3.8) is 0 Å². The Bertz CT molecular complexity index is 864. The number of thioether (sulfide) groups is 1. The van der Waals surface area contributed by atoms with E-state index in [2.05, 4.69) is 6.92 Å². The van der Waals surface area contributed by atoms with Crippen LogP contribution in [0.5, 0.6) is 0 Å². The number of hydrogen-bond acceptors (Lipinski definition) is 4. The first-order valence-corrected chi connectivity index (χ1v) is 12.2. The highest BCUT2D eigenvalue weighted by molar-refractivity contribution is 7.99. The number of unbranched alkanes of at least 4 members (excludes halogenated alkanes) is 1. The van der Waals surface area contributed by atoms with E-state index in [1.165, 1.54) is 0 Å². The van der Waals surface area contributed by atoms with Gasteiger partial charge in [-0.1, -0.05) is 63.1 Å². The van der Waals surface area contributed by atoms with Crippen molar-refractivity contribution in [2.75, 3.05) is 5.75 Å². The summed E-state index contributed by atoms with van der Waals surface area (Å²) in [6.45, 7) is 4.11. The Morgan fingerprint density at radius 3 is 2.41 bits per heavy atom. The van der Waals surface area contributed by atoms with Gasteiger partial charge in [-0.2, -0.15) is 0 Å². The summed E-state index contributed by atoms with van der Waals surface area (Å²) in [5.41, 5.74) is 0.103. The second-order valence-electron chi connectivity index (χ2n) is 7.41. The van der Waals surface area contributed by atoms with Crippen LogP contribution in [0, 0.1) is 5.41 Å². The number of aliphatic hydroxyl groups excluding tert-OH is 1. The number of rotatable bonds is 6. The Labute approximate surface area is 167 Å². The van der Waals surface area contributed by atoms with Crippen molar-refractivity contribution in [1.82, 2.24) is 0 Å². The molecule has 3 rings (SSSR count). The molecule has 0 aromatic heterocycles. The van der Waals surface area contributed by atoms with Crippen molar-refractivity contribution < 1.29 is 13.5 Å². The van der Waals surface area contributed by atoms with Gasteiger partial charge in [0.15, 0.2) is 9.84 Å². The van der Waals surface area contributed by atoms with Gasteiger partial charge in [0, 0.05) is 10.3 Å². The summed E-state index contributed by atoms with van der Waals surface area (Å²) in [5, 5.41) is 11.2. The molecular formula is C22H28O3S2. The minimum atomic E-state index is -3.46. The van der Waals surface area contributed by atoms with Crippen LogP contribution in [0.3, 0.4) is 0 Å². The number of hydrogen-bond donors (Lipinski definition) is 1. The molecule has 5 heteroatoms. The lowest BCUT2D eigenvalue weighted by Gasteiger charge is -2.39. The maximum Gasteiger partial charge on any atom is 0.179 e. The molecular weight excluding hydrogens is 376 g/mol. The van der Waals surface area contributed by atoms with Crippen molar-refractivity contribution in [2.45, 2.75) is 60.7 Å². The van der Waals surface area contributed by atoms with Crippen LogP contribution in [0.2, 0.25) is 0 Å². The first-order valence-electron chi connectivity index (χ1n) is 9.65. The topological polar surface area (TPSA) is 54.4 Å².